The molecule has 1 fully saturated rings. The van der Waals surface area contributed by atoms with Crippen molar-refractivity contribution >= 4 is 26.9 Å². The number of piperidine rings is 1. The normalized spacial score (nSPS) is 17.4. The summed E-state index contributed by atoms with van der Waals surface area (Å²) in [6.45, 7) is 3.38. The van der Waals surface area contributed by atoms with E-state index in [2.05, 4.69) is 10.2 Å². The number of nitrogens with zero attached hydrogens (tertiary/aromatic N) is 2. The summed E-state index contributed by atoms with van der Waals surface area (Å²) in [6, 6.07) is 8.79. The van der Waals surface area contributed by atoms with Crippen LogP contribution in [0.5, 0.6) is 0 Å². The van der Waals surface area contributed by atoms with E-state index in [1.54, 1.807) is 6.07 Å². The van der Waals surface area contributed by atoms with Crippen LogP contribution in [0.25, 0.3) is 0 Å². The lowest BCUT2D eigenvalue weighted by Gasteiger charge is -2.36. The van der Waals surface area contributed by atoms with Gasteiger partial charge in [0.2, 0.25) is 0 Å². The first-order valence-electron chi connectivity index (χ1n) is 8.91. The Morgan fingerprint density at radius 3 is 2.64 bits per heavy atom. The van der Waals surface area contributed by atoms with Crippen molar-refractivity contribution in [2.24, 2.45) is 0 Å². The Labute approximate surface area is 163 Å². The van der Waals surface area contributed by atoms with E-state index >= 15 is 0 Å². The van der Waals surface area contributed by atoms with Crippen LogP contribution in [-0.4, -0.2) is 38.7 Å². The van der Waals surface area contributed by atoms with Gasteiger partial charge in [-0.05, 0) is 55.7 Å². The van der Waals surface area contributed by atoms with Crippen molar-refractivity contribution < 1.29 is 17.7 Å². The molecule has 1 saturated heterocycles. The molecule has 1 aliphatic heterocycles. The maximum Gasteiger partial charge on any atom is 0.288 e. The van der Waals surface area contributed by atoms with Crippen molar-refractivity contribution in [3.05, 3.63) is 57.9 Å². The highest BCUT2D eigenvalue weighted by atomic mass is 32.2. The smallest absolute Gasteiger partial charge is 0.288 e. The summed E-state index contributed by atoms with van der Waals surface area (Å²) in [4.78, 5) is 12.3. The van der Waals surface area contributed by atoms with Gasteiger partial charge in [0.1, 0.15) is 10.7 Å². The average molecular weight is 407 g/mol. The quantitative estimate of drug-likeness (QED) is 0.602. The van der Waals surface area contributed by atoms with Crippen molar-refractivity contribution in [1.82, 2.24) is 0 Å². The van der Waals surface area contributed by atoms with Gasteiger partial charge in [0.15, 0.2) is 9.84 Å². The zero-order chi connectivity index (χ0) is 20.5. The predicted octanol–water partition coefficient (Wildman–Crippen LogP) is 3.53. The standard InChI is InChI=1S/C19H22FN3O4S/c1-13-10-14(20)5-7-17(13)22-9-3-4-16(12-22)21-15-6-8-18(23(24)25)19(11-15)28(2,26)27/h5-8,10-11,16,21H,3-4,9,12H2,1-2H3. The number of hydrogen-bond acceptors (Lipinski definition) is 6. The molecule has 0 aromatic heterocycles. The summed E-state index contributed by atoms with van der Waals surface area (Å²) in [5.74, 6) is -0.271. The zero-order valence-corrected chi connectivity index (χ0v) is 16.5. The fourth-order valence-electron chi connectivity index (χ4n) is 3.57. The number of rotatable bonds is 5. The lowest BCUT2D eigenvalue weighted by atomic mass is 10.0. The Morgan fingerprint density at radius 1 is 1.25 bits per heavy atom. The van der Waals surface area contributed by atoms with Gasteiger partial charge in [0, 0.05) is 42.8 Å². The van der Waals surface area contributed by atoms with Crippen molar-refractivity contribution in [2.75, 3.05) is 29.6 Å². The highest BCUT2D eigenvalue weighted by Crippen LogP contribution is 2.29. The Hall–Kier alpha value is -2.68. The second-order valence-electron chi connectivity index (χ2n) is 7.07. The maximum atomic E-state index is 13.4. The Kier molecular flexibility index (Phi) is 5.55. The lowest BCUT2D eigenvalue weighted by molar-refractivity contribution is -0.387. The Bertz CT molecular complexity index is 1010. The van der Waals surface area contributed by atoms with Gasteiger partial charge >= 0.3 is 0 Å². The van der Waals surface area contributed by atoms with Gasteiger partial charge in [-0.1, -0.05) is 0 Å². The predicted molar refractivity (Wildman–Crippen MR) is 106 cm³/mol. The zero-order valence-electron chi connectivity index (χ0n) is 15.7. The molecule has 150 valence electrons. The molecule has 0 spiro atoms. The Morgan fingerprint density at radius 2 is 2.00 bits per heavy atom. The molecule has 2 aromatic rings. The second kappa shape index (κ2) is 7.75. The first-order valence-corrected chi connectivity index (χ1v) is 10.8. The largest absolute Gasteiger partial charge is 0.380 e. The van der Waals surface area contributed by atoms with Crippen LogP contribution >= 0.6 is 0 Å². The van der Waals surface area contributed by atoms with E-state index in [9.17, 15) is 22.9 Å². The van der Waals surface area contributed by atoms with Crippen LogP contribution < -0.4 is 10.2 Å². The first kappa shape index (κ1) is 20.1. The van der Waals surface area contributed by atoms with Crippen molar-refractivity contribution in [3.8, 4) is 0 Å². The van der Waals surface area contributed by atoms with Gasteiger partial charge in [0.05, 0.1) is 4.92 Å². The van der Waals surface area contributed by atoms with Crippen LogP contribution in [-0.2, 0) is 9.84 Å². The highest BCUT2D eigenvalue weighted by molar-refractivity contribution is 7.90. The SMILES string of the molecule is Cc1cc(F)ccc1N1CCCC(Nc2ccc([N+](=O)[O-])c(S(C)(=O)=O)c2)C1. The summed E-state index contributed by atoms with van der Waals surface area (Å²) < 4.78 is 37.2. The van der Waals surface area contributed by atoms with Gasteiger partial charge in [-0.2, -0.15) is 0 Å². The van der Waals surface area contributed by atoms with Crippen molar-refractivity contribution in [1.29, 1.82) is 0 Å². The van der Waals surface area contributed by atoms with Gasteiger partial charge in [-0.15, -0.1) is 0 Å². The molecule has 0 amide bonds. The second-order valence-corrected chi connectivity index (χ2v) is 9.06. The number of halogens is 1. The summed E-state index contributed by atoms with van der Waals surface area (Å²) in [6.07, 6.45) is 2.75. The molecule has 7 nitrogen and oxygen atoms in total. The molecule has 2 aromatic carbocycles. The number of nitro groups is 1. The van der Waals surface area contributed by atoms with Crippen LogP contribution in [0.2, 0.25) is 0 Å². The van der Waals surface area contributed by atoms with Crippen LogP contribution in [0.4, 0.5) is 21.5 Å². The van der Waals surface area contributed by atoms with Crippen molar-refractivity contribution in [3.63, 3.8) is 0 Å². The molecular weight excluding hydrogens is 385 g/mol. The van der Waals surface area contributed by atoms with E-state index < -0.39 is 20.4 Å². The van der Waals surface area contributed by atoms with Crippen LogP contribution in [0, 0.1) is 22.9 Å². The third-order valence-corrected chi connectivity index (χ3v) is 5.97. The minimum absolute atomic E-state index is 0.0343. The number of nitro benzene ring substituents is 1. The van der Waals surface area contributed by atoms with E-state index in [1.165, 1.54) is 30.3 Å². The molecule has 0 aliphatic carbocycles. The van der Waals surface area contributed by atoms with Gasteiger partial charge in [-0.25, -0.2) is 12.8 Å². The van der Waals surface area contributed by atoms with Gasteiger partial charge in [-0.3, -0.25) is 10.1 Å². The number of aryl methyl sites for hydroxylation is 1. The van der Waals surface area contributed by atoms with Crippen LogP contribution in [0.3, 0.4) is 0 Å². The summed E-state index contributed by atoms with van der Waals surface area (Å²) in [7, 11) is -3.73. The summed E-state index contributed by atoms with van der Waals surface area (Å²) >= 11 is 0. The van der Waals surface area contributed by atoms with Crippen LogP contribution in [0.1, 0.15) is 18.4 Å². The van der Waals surface area contributed by atoms with Gasteiger partial charge < -0.3 is 10.2 Å². The average Bonchev–Trinajstić information content (AvgIpc) is 2.61. The molecule has 0 radical (unpaired) electrons. The molecule has 1 unspecified atom stereocenters. The summed E-state index contributed by atoms with van der Waals surface area (Å²) in [5, 5.41) is 14.4. The lowest BCUT2D eigenvalue weighted by Crippen LogP contribution is -2.42. The monoisotopic (exact) mass is 407 g/mol. The van der Waals surface area contributed by atoms with E-state index in [4.69, 9.17) is 0 Å². The molecule has 28 heavy (non-hydrogen) atoms. The topological polar surface area (TPSA) is 92.5 Å². The third-order valence-electron chi connectivity index (χ3n) is 4.85. The molecule has 1 N–H and O–H groups in total. The molecular formula is C19H22FN3O4S. The molecule has 0 saturated carbocycles. The number of benzene rings is 2. The fourth-order valence-corrected chi connectivity index (χ4v) is 4.44. The number of sulfone groups is 1. The third kappa shape index (κ3) is 4.41. The highest BCUT2D eigenvalue weighted by Gasteiger charge is 2.25. The van der Waals surface area contributed by atoms with E-state index in [0.29, 0.717) is 12.2 Å². The maximum absolute atomic E-state index is 13.4. The Balaban J connectivity index is 1.81. The number of hydrogen-bond donors (Lipinski definition) is 1. The molecule has 9 heteroatoms. The van der Waals surface area contributed by atoms with Crippen LogP contribution in [0.15, 0.2) is 41.3 Å². The van der Waals surface area contributed by atoms with E-state index in [1.807, 2.05) is 6.92 Å². The number of anilines is 2. The minimum Gasteiger partial charge on any atom is -0.380 e. The van der Waals surface area contributed by atoms with E-state index in [0.717, 1.165) is 36.9 Å². The van der Waals surface area contributed by atoms with Gasteiger partial charge in [0.25, 0.3) is 5.69 Å². The molecule has 3 rings (SSSR count). The molecule has 1 heterocycles. The first-order chi connectivity index (χ1) is 13.1. The molecule has 0 bridgehead atoms. The molecule has 1 aliphatic rings. The fraction of sp³-hybridized carbons (Fsp3) is 0.368. The van der Waals surface area contributed by atoms with Crippen molar-refractivity contribution in [2.45, 2.75) is 30.7 Å². The number of nitrogens with one attached hydrogen (secondary N) is 1. The minimum atomic E-state index is -3.73. The van der Waals surface area contributed by atoms with E-state index in [-0.39, 0.29) is 16.8 Å². The summed E-state index contributed by atoms with van der Waals surface area (Å²) in [5.41, 5.74) is 1.91. The molecule has 1 atom stereocenters.